The lowest BCUT2D eigenvalue weighted by Gasteiger charge is -2.61. The predicted octanol–water partition coefficient (Wildman–Crippen LogP) is -0.288. The molecule has 40 heavy (non-hydrogen) atoms. The summed E-state index contributed by atoms with van der Waals surface area (Å²) in [7, 11) is 0. The summed E-state index contributed by atoms with van der Waals surface area (Å²) in [4.78, 5) is 28.9. The van der Waals surface area contributed by atoms with Gasteiger partial charge in [0, 0.05) is 24.6 Å². The Kier molecular flexibility index (Phi) is 5.37. The van der Waals surface area contributed by atoms with E-state index in [-0.39, 0.29) is 25.1 Å². The Morgan fingerprint density at radius 3 is 2.42 bits per heavy atom. The predicted molar refractivity (Wildman–Crippen MR) is 136 cm³/mol. The number of hydrogen-bond acceptors (Lipinski definition) is 11. The zero-order valence-corrected chi connectivity index (χ0v) is 23.4. The first-order valence-corrected chi connectivity index (χ1v) is 14.0. The average Bonchev–Trinajstić information content (AvgIpc) is 3.50. The van der Waals surface area contributed by atoms with E-state index in [2.05, 4.69) is 4.98 Å². The summed E-state index contributed by atoms with van der Waals surface area (Å²) in [5, 5.41) is 63.9. The molecule has 3 heterocycles. The highest BCUT2D eigenvalue weighted by Gasteiger charge is 3.10. The summed E-state index contributed by atoms with van der Waals surface area (Å²) in [5.74, 6) is -5.23. The second-order valence-electron chi connectivity index (χ2n) is 13.4. The molecule has 4 saturated carbocycles. The van der Waals surface area contributed by atoms with Crippen molar-refractivity contribution in [2.75, 3.05) is 6.54 Å². The van der Waals surface area contributed by atoms with Gasteiger partial charge >= 0.3 is 11.9 Å². The minimum Gasteiger partial charge on any atom is -0.459 e. The molecule has 1 aromatic rings. The number of aliphatic hydroxyl groups is 5. The summed E-state index contributed by atoms with van der Waals surface area (Å²) in [6, 6.07) is 3.04. The molecule has 0 amide bonds. The molecule has 4 aliphatic carbocycles. The van der Waals surface area contributed by atoms with Gasteiger partial charge in [0.1, 0.15) is 34.2 Å². The van der Waals surface area contributed by atoms with Crippen molar-refractivity contribution >= 4 is 11.9 Å². The lowest BCUT2D eigenvalue weighted by atomic mass is 9.52. The van der Waals surface area contributed by atoms with Crippen molar-refractivity contribution in [1.82, 2.24) is 4.98 Å². The van der Waals surface area contributed by atoms with Gasteiger partial charge in [0.25, 0.3) is 0 Å². The van der Waals surface area contributed by atoms with Gasteiger partial charge in [-0.1, -0.05) is 27.7 Å². The standard InChI is InChI=1S/C28H40N2O10/c1-14(2)25(35)20(39-19(32)16-7-6-12-30-16)26(36)21(4)13-24(34)22(25,5)28(26,37)27(40-24)18(38-17(31)9-11-29)15(3)8-10-23(21,27)33/h6-7,12,14-15,18,20,30,33-37H,8-11,13,29H2,1-5H3/t15-,18+,20+,21-,22-,23-,24-,25+,26+,27+,28+/m0/s1. The van der Waals surface area contributed by atoms with Crippen LogP contribution >= 0.6 is 0 Å². The van der Waals surface area contributed by atoms with Crippen LogP contribution in [0.2, 0.25) is 0 Å². The smallest absolute Gasteiger partial charge is 0.355 e. The molecule has 1 aromatic heterocycles. The van der Waals surface area contributed by atoms with Gasteiger partial charge < -0.3 is 50.5 Å². The number of rotatable bonds is 6. The van der Waals surface area contributed by atoms with Crippen molar-refractivity contribution in [2.45, 2.75) is 106 Å². The first-order valence-electron chi connectivity index (χ1n) is 14.0. The summed E-state index contributed by atoms with van der Waals surface area (Å²) in [6.45, 7) is 7.89. The minimum atomic E-state index is -2.66. The number of H-pyrrole nitrogens is 1. The molecule has 11 atom stereocenters. The van der Waals surface area contributed by atoms with Crippen LogP contribution in [0.5, 0.6) is 0 Å². The zero-order valence-electron chi connectivity index (χ0n) is 23.4. The van der Waals surface area contributed by atoms with Crippen LogP contribution in [0, 0.1) is 22.7 Å². The summed E-state index contributed by atoms with van der Waals surface area (Å²) in [5.41, 5.74) is -10.1. The first kappa shape index (κ1) is 28.1. The molecule has 0 aromatic carbocycles. The van der Waals surface area contributed by atoms with Crippen molar-refractivity contribution in [2.24, 2.45) is 28.4 Å². The normalized spacial score (nSPS) is 53.6. The molecule has 6 aliphatic rings. The fraction of sp³-hybridized carbons (Fsp3) is 0.786. The topological polar surface area (TPSA) is 205 Å². The number of nitrogens with one attached hydrogen (secondary N) is 1. The molecule has 222 valence electrons. The fourth-order valence-corrected chi connectivity index (χ4v) is 10.1. The van der Waals surface area contributed by atoms with Crippen molar-refractivity contribution in [1.29, 1.82) is 0 Å². The molecule has 2 aliphatic heterocycles. The van der Waals surface area contributed by atoms with Gasteiger partial charge in [0.2, 0.25) is 0 Å². The number of aromatic nitrogens is 1. The quantitative estimate of drug-likeness (QED) is 0.224. The van der Waals surface area contributed by atoms with Crippen LogP contribution in [0.4, 0.5) is 0 Å². The van der Waals surface area contributed by atoms with Crippen molar-refractivity contribution in [3.63, 3.8) is 0 Å². The third kappa shape index (κ3) is 2.31. The minimum absolute atomic E-state index is 0.00446. The van der Waals surface area contributed by atoms with E-state index in [0.717, 1.165) is 0 Å². The molecular weight excluding hydrogens is 524 g/mol. The molecule has 12 heteroatoms. The third-order valence-electron chi connectivity index (χ3n) is 11.9. The zero-order chi connectivity index (χ0) is 29.5. The molecule has 8 N–H and O–H groups in total. The molecule has 12 nitrogen and oxygen atoms in total. The van der Waals surface area contributed by atoms with Gasteiger partial charge in [-0.05, 0) is 43.7 Å². The van der Waals surface area contributed by atoms with Crippen molar-refractivity contribution < 1.29 is 49.3 Å². The van der Waals surface area contributed by atoms with Gasteiger partial charge in [-0.2, -0.15) is 0 Å². The highest BCUT2D eigenvalue weighted by atomic mass is 16.7. The maximum absolute atomic E-state index is 13.4. The number of esters is 2. The van der Waals surface area contributed by atoms with E-state index in [9.17, 15) is 35.1 Å². The SMILES string of the molecule is CC(C)[C@@]1(O)[C@@H](OC(=O)c2ccc[nH]2)[C@@]2(O)[C@@]3(C)C[C@]4(O)O[C@@]5([C@H](OC(=O)CCN)[C@@H](C)CC[C@]35O)[C@@]2(O)[C@]14C. The Morgan fingerprint density at radius 2 is 1.85 bits per heavy atom. The van der Waals surface area contributed by atoms with Crippen LogP contribution in [-0.2, 0) is 19.0 Å². The Balaban J connectivity index is 1.65. The summed E-state index contributed by atoms with van der Waals surface area (Å²) in [6.07, 6.45) is -1.84. The Morgan fingerprint density at radius 1 is 1.18 bits per heavy atom. The van der Waals surface area contributed by atoms with Crippen LogP contribution in [0.25, 0.3) is 0 Å². The molecule has 6 fully saturated rings. The molecule has 2 saturated heterocycles. The number of hydrogen-bond donors (Lipinski definition) is 7. The van der Waals surface area contributed by atoms with E-state index in [1.165, 1.54) is 26.1 Å². The van der Waals surface area contributed by atoms with E-state index >= 15 is 0 Å². The molecule has 6 bridgehead atoms. The van der Waals surface area contributed by atoms with Gasteiger partial charge in [0.15, 0.2) is 17.5 Å². The maximum Gasteiger partial charge on any atom is 0.355 e. The van der Waals surface area contributed by atoms with Gasteiger partial charge in [-0.25, -0.2) is 4.79 Å². The maximum atomic E-state index is 13.4. The van der Waals surface area contributed by atoms with E-state index in [0.29, 0.717) is 6.42 Å². The Labute approximate surface area is 231 Å². The molecule has 0 unspecified atom stereocenters. The number of carbonyl (C=O) groups is 2. The van der Waals surface area contributed by atoms with E-state index < -0.39 is 87.0 Å². The molecule has 7 rings (SSSR count). The summed E-state index contributed by atoms with van der Waals surface area (Å²) < 4.78 is 18.2. The van der Waals surface area contributed by atoms with Crippen LogP contribution in [0.15, 0.2) is 18.3 Å². The number of carbonyl (C=O) groups excluding carboxylic acids is 2. The largest absolute Gasteiger partial charge is 0.459 e. The lowest BCUT2D eigenvalue weighted by Crippen LogP contribution is -2.75. The first-order chi connectivity index (χ1) is 18.4. The summed E-state index contributed by atoms with van der Waals surface area (Å²) >= 11 is 0. The van der Waals surface area contributed by atoms with Gasteiger partial charge in [-0.15, -0.1) is 0 Å². The van der Waals surface area contributed by atoms with Crippen molar-refractivity contribution in [3.8, 4) is 0 Å². The third-order valence-corrected chi connectivity index (χ3v) is 11.9. The highest BCUT2D eigenvalue weighted by molar-refractivity contribution is 5.87. The molecule has 1 spiro atoms. The Hall–Kier alpha value is -2.06. The van der Waals surface area contributed by atoms with Gasteiger partial charge in [0.05, 0.1) is 11.8 Å². The average molecular weight is 565 g/mol. The lowest BCUT2D eigenvalue weighted by molar-refractivity contribution is -0.390. The van der Waals surface area contributed by atoms with Crippen LogP contribution in [0.1, 0.15) is 70.8 Å². The number of ether oxygens (including phenoxy) is 3. The molecule has 0 radical (unpaired) electrons. The second kappa shape index (κ2) is 7.66. The van der Waals surface area contributed by atoms with E-state index in [1.54, 1.807) is 26.8 Å². The second-order valence-corrected chi connectivity index (χ2v) is 13.4. The van der Waals surface area contributed by atoms with Gasteiger partial charge in [-0.3, -0.25) is 4.79 Å². The van der Waals surface area contributed by atoms with E-state index in [4.69, 9.17) is 19.9 Å². The Bertz CT molecular complexity index is 1270. The highest BCUT2D eigenvalue weighted by Crippen LogP contribution is 2.90. The monoisotopic (exact) mass is 564 g/mol. The number of nitrogens with two attached hydrogens (primary N) is 1. The van der Waals surface area contributed by atoms with Crippen molar-refractivity contribution in [3.05, 3.63) is 24.0 Å². The fourth-order valence-electron chi connectivity index (χ4n) is 10.1. The number of aromatic amines is 1. The van der Waals surface area contributed by atoms with Crippen LogP contribution in [0.3, 0.4) is 0 Å². The van der Waals surface area contributed by atoms with Crippen LogP contribution < -0.4 is 5.73 Å². The van der Waals surface area contributed by atoms with Crippen LogP contribution in [-0.4, -0.2) is 95.0 Å². The van der Waals surface area contributed by atoms with E-state index in [1.807, 2.05) is 0 Å². The molecular formula is C28H40N2O10.